The second kappa shape index (κ2) is 17.0. The molecule has 1 N–H and O–H groups in total. The minimum Gasteiger partial charge on any atom is -0.491 e. The van der Waals surface area contributed by atoms with Gasteiger partial charge in [-0.2, -0.15) is 0 Å². The van der Waals surface area contributed by atoms with Crippen LogP contribution < -0.4 is 14.4 Å². The Morgan fingerprint density at radius 1 is 1.08 bits per heavy atom. The van der Waals surface area contributed by atoms with E-state index < -0.39 is 11.0 Å². The average Bonchev–Trinajstić information content (AvgIpc) is 3.93. The smallest absolute Gasteiger partial charge is 0.263 e. The molecule has 2 aliphatic heterocycles. The fourth-order valence-electron chi connectivity index (χ4n) is 7.22. The van der Waals surface area contributed by atoms with Crippen molar-refractivity contribution < 1.29 is 23.2 Å². The van der Waals surface area contributed by atoms with Crippen molar-refractivity contribution in [3.63, 3.8) is 0 Å². The highest BCUT2D eigenvalue weighted by molar-refractivity contribution is 7.84. The van der Waals surface area contributed by atoms with Crippen LogP contribution in [-0.2, 0) is 26.9 Å². The molecule has 1 amide bonds. The molecule has 0 saturated heterocycles. The summed E-state index contributed by atoms with van der Waals surface area (Å²) in [5.41, 5.74) is 3.95. The molecule has 0 spiro atoms. The van der Waals surface area contributed by atoms with E-state index in [1.165, 1.54) is 24.0 Å². The molecule has 264 valence electrons. The lowest BCUT2D eigenvalue weighted by Gasteiger charge is -2.43. The molecule has 2 aromatic carbocycles. The van der Waals surface area contributed by atoms with Crippen LogP contribution in [0.15, 0.2) is 48.6 Å². The van der Waals surface area contributed by atoms with Crippen LogP contribution >= 0.6 is 11.6 Å². The van der Waals surface area contributed by atoms with Crippen LogP contribution in [0.1, 0.15) is 93.6 Å². The second-order valence-electron chi connectivity index (χ2n) is 14.2. The number of nitrogens with one attached hydrogen (secondary N) is 1. The van der Waals surface area contributed by atoms with E-state index in [0.29, 0.717) is 30.1 Å². The number of benzene rings is 2. The fraction of sp³-hybridized carbons (Fsp3) is 0.615. The molecule has 7 nitrogen and oxygen atoms in total. The summed E-state index contributed by atoms with van der Waals surface area (Å²) in [6.45, 7) is 10.5. The van der Waals surface area contributed by atoms with Gasteiger partial charge in [0, 0.05) is 43.8 Å². The number of hydrogen-bond acceptors (Lipinski definition) is 6. The molecule has 8 atom stereocenters. The first-order valence-electron chi connectivity index (χ1n) is 17.9. The first-order valence-corrected chi connectivity index (χ1v) is 19.5. The average molecular weight is 699 g/mol. The number of aryl methyl sites for hydroxylation is 1. The number of fused-ring (bicyclic) bond motifs is 2. The Morgan fingerprint density at radius 3 is 2.52 bits per heavy atom. The van der Waals surface area contributed by atoms with Crippen LogP contribution in [0.25, 0.3) is 0 Å². The van der Waals surface area contributed by atoms with Crippen LogP contribution in [0.4, 0.5) is 5.69 Å². The molecule has 2 fully saturated rings. The molecule has 2 saturated carbocycles. The number of rotatable bonds is 6. The number of allylic oxidation sites excluding steroid dienone is 1. The van der Waals surface area contributed by atoms with Crippen LogP contribution in [0, 0.1) is 23.7 Å². The first-order chi connectivity index (χ1) is 23.1. The third-order valence-corrected chi connectivity index (χ3v) is 12.7. The van der Waals surface area contributed by atoms with Gasteiger partial charge in [-0.25, -0.2) is 4.21 Å². The minimum atomic E-state index is -1.50. The van der Waals surface area contributed by atoms with Gasteiger partial charge >= 0.3 is 0 Å². The Kier molecular flexibility index (Phi) is 13.1. The highest BCUT2D eigenvalue weighted by Gasteiger charge is 2.39. The maximum Gasteiger partial charge on any atom is 0.263 e. The molecule has 2 aliphatic carbocycles. The summed E-state index contributed by atoms with van der Waals surface area (Å²) in [5, 5.41) is 0.569. The summed E-state index contributed by atoms with van der Waals surface area (Å²) in [7, 11) is 2.08. The SMILES string of the molecule is CCCc1cc(Cl)ccc1C1COc2ccc3cc2N(C1)CC1CCC1C(OC)/C=C/CC(C)C(C)S(=O)NC3=O.COC(C)C1CC1. The largest absolute Gasteiger partial charge is 0.491 e. The fourth-order valence-corrected chi connectivity index (χ4v) is 8.43. The normalized spacial score (nSPS) is 30.3. The van der Waals surface area contributed by atoms with Gasteiger partial charge in [-0.1, -0.05) is 50.1 Å². The summed E-state index contributed by atoms with van der Waals surface area (Å²) >= 11 is 6.40. The van der Waals surface area contributed by atoms with E-state index in [1.54, 1.807) is 20.3 Å². The Bertz CT molecular complexity index is 1450. The molecule has 4 aliphatic rings. The Labute approximate surface area is 295 Å². The zero-order chi connectivity index (χ0) is 34.4. The third kappa shape index (κ3) is 9.04. The molecule has 0 radical (unpaired) electrons. The van der Waals surface area contributed by atoms with Gasteiger partial charge in [0.2, 0.25) is 0 Å². The number of ether oxygens (including phenoxy) is 3. The number of carbonyl (C=O) groups is 1. The standard InChI is InChI=1S/C33H43ClN2O4S.C6H12O/c1-5-7-23-16-27(34)12-14-28(23)26-19-36-18-25-10-13-29(25)31(39-4)9-6-8-21(2)22(3)41(38)35-33(37)24-11-15-32(40-20-26)30(36)17-24;1-5(7-2)6-3-4-6/h6,9,11-12,14-17,21-22,25-26,29,31H,5,7-8,10,13,18-20H2,1-4H3,(H,35,37);5-6H,3-4H2,1-2H3/b9-6+;. The van der Waals surface area contributed by atoms with Crippen LogP contribution in [-0.4, -0.2) is 61.5 Å². The van der Waals surface area contributed by atoms with E-state index in [4.69, 9.17) is 25.8 Å². The van der Waals surface area contributed by atoms with Crippen LogP contribution in [0.3, 0.4) is 0 Å². The minimum absolute atomic E-state index is 0.0478. The van der Waals surface area contributed by atoms with E-state index >= 15 is 0 Å². The number of carbonyl (C=O) groups excluding carboxylic acids is 1. The molecule has 48 heavy (non-hydrogen) atoms. The highest BCUT2D eigenvalue weighted by atomic mass is 35.5. The topological polar surface area (TPSA) is 77.1 Å². The maximum absolute atomic E-state index is 13.3. The lowest BCUT2D eigenvalue weighted by Crippen LogP contribution is -2.44. The van der Waals surface area contributed by atoms with Crippen molar-refractivity contribution >= 4 is 34.2 Å². The monoisotopic (exact) mass is 698 g/mol. The summed E-state index contributed by atoms with van der Waals surface area (Å²) in [6.07, 6.45) is 12.7. The number of halogens is 1. The van der Waals surface area contributed by atoms with Crippen molar-refractivity contribution in [3.05, 3.63) is 70.3 Å². The number of hydrogen-bond donors (Lipinski definition) is 1. The number of methoxy groups -OCH3 is 2. The van der Waals surface area contributed by atoms with Gasteiger partial charge < -0.3 is 19.1 Å². The van der Waals surface area contributed by atoms with Gasteiger partial charge in [0.05, 0.1) is 29.8 Å². The molecule has 2 bridgehead atoms. The number of nitrogens with zero attached hydrogens (tertiary/aromatic N) is 1. The van der Waals surface area contributed by atoms with E-state index in [-0.39, 0.29) is 29.1 Å². The van der Waals surface area contributed by atoms with Crippen molar-refractivity contribution in [2.75, 3.05) is 38.8 Å². The summed E-state index contributed by atoms with van der Waals surface area (Å²) in [4.78, 5) is 15.7. The summed E-state index contributed by atoms with van der Waals surface area (Å²) in [6, 6.07) is 11.8. The lowest BCUT2D eigenvalue weighted by molar-refractivity contribution is 0.0134. The summed E-state index contributed by atoms with van der Waals surface area (Å²) < 4.78 is 33.4. The van der Waals surface area contributed by atoms with Gasteiger partial charge in [-0.15, -0.1) is 0 Å². The molecule has 9 heteroatoms. The molecule has 2 aromatic rings. The predicted molar refractivity (Wildman–Crippen MR) is 197 cm³/mol. The zero-order valence-electron chi connectivity index (χ0n) is 29.6. The Hall–Kier alpha value is -2.39. The van der Waals surface area contributed by atoms with Crippen LogP contribution in [0.2, 0.25) is 5.02 Å². The number of anilines is 1. The first kappa shape index (κ1) is 36.9. The predicted octanol–water partition coefficient (Wildman–Crippen LogP) is 8.13. The molecule has 8 unspecified atom stereocenters. The summed E-state index contributed by atoms with van der Waals surface area (Å²) in [5.74, 6) is 2.53. The van der Waals surface area contributed by atoms with Crippen molar-refractivity contribution in [3.8, 4) is 5.75 Å². The van der Waals surface area contributed by atoms with Crippen molar-refractivity contribution in [1.29, 1.82) is 0 Å². The second-order valence-corrected chi connectivity index (χ2v) is 16.2. The van der Waals surface area contributed by atoms with E-state index in [1.807, 2.05) is 25.1 Å². The maximum atomic E-state index is 13.3. The van der Waals surface area contributed by atoms with Crippen LogP contribution in [0.5, 0.6) is 5.75 Å². The number of amides is 1. The Morgan fingerprint density at radius 2 is 1.88 bits per heavy atom. The van der Waals surface area contributed by atoms with E-state index in [9.17, 15) is 9.00 Å². The highest BCUT2D eigenvalue weighted by Crippen LogP contribution is 2.43. The lowest BCUT2D eigenvalue weighted by atomic mass is 9.70. The third-order valence-electron chi connectivity index (χ3n) is 11.0. The Balaban J connectivity index is 0.000000572. The van der Waals surface area contributed by atoms with Crippen molar-refractivity contribution in [2.45, 2.75) is 96.0 Å². The van der Waals surface area contributed by atoms with Gasteiger partial charge in [-0.3, -0.25) is 9.52 Å². The van der Waals surface area contributed by atoms with Gasteiger partial charge in [-0.05, 0) is 118 Å². The molecular weight excluding hydrogens is 644 g/mol. The van der Waals surface area contributed by atoms with Crippen molar-refractivity contribution in [2.24, 2.45) is 23.7 Å². The molecular formula is C39H55ClN2O5S. The van der Waals surface area contributed by atoms with Gasteiger partial charge in [0.15, 0.2) is 0 Å². The molecule has 2 heterocycles. The van der Waals surface area contributed by atoms with E-state index in [0.717, 1.165) is 67.6 Å². The molecule has 0 aromatic heterocycles. The zero-order valence-corrected chi connectivity index (χ0v) is 31.2. The van der Waals surface area contributed by atoms with Crippen molar-refractivity contribution in [1.82, 2.24) is 4.72 Å². The van der Waals surface area contributed by atoms with Gasteiger partial charge in [0.25, 0.3) is 5.91 Å². The molecule has 6 rings (SSSR count). The quantitative estimate of drug-likeness (QED) is 0.307. The van der Waals surface area contributed by atoms with Gasteiger partial charge in [0.1, 0.15) is 16.7 Å². The van der Waals surface area contributed by atoms with E-state index in [2.05, 4.69) is 54.7 Å².